The average Bonchev–Trinajstić information content (AvgIpc) is 3.13. The molecule has 1 aromatic heterocycles. The molecule has 1 heterocycles. The summed E-state index contributed by atoms with van der Waals surface area (Å²) in [5.41, 5.74) is 0.592. The molecule has 0 fully saturated rings. The minimum absolute atomic E-state index is 0.0464. The summed E-state index contributed by atoms with van der Waals surface area (Å²) in [6.45, 7) is 0. The zero-order valence-corrected chi connectivity index (χ0v) is 16.9. The third kappa shape index (κ3) is 3.85. The molecule has 0 aliphatic carbocycles. The van der Waals surface area contributed by atoms with E-state index in [0.717, 1.165) is 0 Å². The van der Waals surface area contributed by atoms with Crippen LogP contribution in [0.25, 0.3) is 0 Å². The van der Waals surface area contributed by atoms with Gasteiger partial charge in [0.1, 0.15) is 5.75 Å². The maximum Gasteiger partial charge on any atom is 0.259 e. The van der Waals surface area contributed by atoms with Crippen molar-refractivity contribution in [2.75, 3.05) is 5.32 Å². The van der Waals surface area contributed by atoms with Crippen molar-refractivity contribution in [1.82, 2.24) is 0 Å². The highest BCUT2D eigenvalue weighted by molar-refractivity contribution is 9.11. The number of anilines is 1. The van der Waals surface area contributed by atoms with Gasteiger partial charge in [-0.2, -0.15) is 0 Å². The number of rotatable bonds is 4. The van der Waals surface area contributed by atoms with Crippen LogP contribution in [0.5, 0.6) is 5.75 Å². The fraction of sp³-hybridized carbons (Fsp3) is 0. The molecule has 0 spiro atoms. The molecule has 132 valence electrons. The summed E-state index contributed by atoms with van der Waals surface area (Å²) in [5, 5.41) is 12.9. The first kappa shape index (κ1) is 18.7. The Bertz CT molecular complexity index is 1000. The highest BCUT2D eigenvalue weighted by Crippen LogP contribution is 2.33. The maximum absolute atomic E-state index is 12.5. The van der Waals surface area contributed by atoms with E-state index in [0.29, 0.717) is 14.5 Å². The highest BCUT2D eigenvalue weighted by Gasteiger charge is 2.18. The molecule has 26 heavy (non-hydrogen) atoms. The predicted octanol–water partition coefficient (Wildman–Crippen LogP) is 5.65. The van der Waals surface area contributed by atoms with Crippen molar-refractivity contribution in [2.24, 2.45) is 0 Å². The number of hydrogen-bond acceptors (Lipinski definition) is 4. The lowest BCUT2D eigenvalue weighted by Crippen LogP contribution is -2.13. The minimum Gasteiger partial charge on any atom is -0.506 e. The molecule has 3 aromatic rings. The smallest absolute Gasteiger partial charge is 0.259 e. The Balaban J connectivity index is 1.92. The van der Waals surface area contributed by atoms with Gasteiger partial charge in [0.2, 0.25) is 5.78 Å². The third-order valence-electron chi connectivity index (χ3n) is 3.49. The second-order valence-electron chi connectivity index (χ2n) is 5.24. The van der Waals surface area contributed by atoms with Crippen LogP contribution in [0.15, 0.2) is 62.1 Å². The molecule has 0 aliphatic rings. The molecule has 2 aromatic carbocycles. The van der Waals surface area contributed by atoms with Crippen molar-refractivity contribution < 1.29 is 19.1 Å². The number of furan rings is 1. The van der Waals surface area contributed by atoms with Gasteiger partial charge in [0, 0.05) is 10.0 Å². The van der Waals surface area contributed by atoms with Gasteiger partial charge in [0.25, 0.3) is 5.91 Å². The molecule has 3 rings (SSSR count). The number of hydrogen-bond donors (Lipinski definition) is 2. The predicted molar refractivity (Wildman–Crippen MR) is 105 cm³/mol. The molecular weight excluding hydrogens is 489 g/mol. The second kappa shape index (κ2) is 7.65. The van der Waals surface area contributed by atoms with Crippen molar-refractivity contribution in [3.8, 4) is 5.75 Å². The van der Waals surface area contributed by atoms with E-state index in [9.17, 15) is 14.7 Å². The molecule has 0 saturated carbocycles. The lowest BCUT2D eigenvalue weighted by atomic mass is 10.1. The number of phenolic OH excluding ortho intramolecular Hbond substituents is 1. The van der Waals surface area contributed by atoms with Crippen LogP contribution >= 0.6 is 43.5 Å². The molecule has 8 heteroatoms. The zero-order valence-electron chi connectivity index (χ0n) is 12.9. The van der Waals surface area contributed by atoms with E-state index in [-0.39, 0.29) is 33.6 Å². The number of halogens is 3. The molecular formula is C18H10Br2ClNO4. The van der Waals surface area contributed by atoms with E-state index in [4.69, 9.17) is 16.0 Å². The molecule has 0 bridgehead atoms. The Hall–Kier alpha value is -2.09. The largest absolute Gasteiger partial charge is 0.506 e. The summed E-state index contributed by atoms with van der Waals surface area (Å²) in [6.07, 6.45) is 1.40. The highest BCUT2D eigenvalue weighted by atomic mass is 79.9. The van der Waals surface area contributed by atoms with Crippen molar-refractivity contribution in [3.05, 3.63) is 79.6 Å². The molecule has 0 aliphatic heterocycles. The SMILES string of the molecule is O=C(c1ccc(Cl)c(NC(=O)c2cc(Br)cc(Br)c2O)c1)c1ccco1. The van der Waals surface area contributed by atoms with Gasteiger partial charge in [-0.1, -0.05) is 27.5 Å². The molecule has 0 unspecified atom stereocenters. The first-order chi connectivity index (χ1) is 12.4. The van der Waals surface area contributed by atoms with Crippen LogP contribution in [0.4, 0.5) is 5.69 Å². The van der Waals surface area contributed by atoms with Crippen LogP contribution in [-0.2, 0) is 0 Å². The van der Waals surface area contributed by atoms with E-state index in [1.807, 2.05) is 0 Å². The number of ketones is 1. The summed E-state index contributed by atoms with van der Waals surface area (Å²) in [5.74, 6) is -0.938. The van der Waals surface area contributed by atoms with Gasteiger partial charge in [-0.25, -0.2) is 0 Å². The number of phenols is 1. The van der Waals surface area contributed by atoms with Crippen LogP contribution in [-0.4, -0.2) is 16.8 Å². The van der Waals surface area contributed by atoms with Gasteiger partial charge in [0.05, 0.1) is 27.0 Å². The Morgan fingerprint density at radius 1 is 1.12 bits per heavy atom. The number of nitrogens with one attached hydrogen (secondary N) is 1. The summed E-state index contributed by atoms with van der Waals surface area (Å²) >= 11 is 12.6. The Morgan fingerprint density at radius 3 is 2.58 bits per heavy atom. The third-order valence-corrected chi connectivity index (χ3v) is 4.89. The van der Waals surface area contributed by atoms with E-state index in [2.05, 4.69) is 37.2 Å². The standard InChI is InChI=1S/C18H10Br2ClNO4/c19-10-7-11(17(24)12(20)8-10)18(25)22-14-6-9(3-4-13(14)21)16(23)15-2-1-5-26-15/h1-8,24H,(H,22,25). The fourth-order valence-corrected chi connectivity index (χ4v) is 3.63. The van der Waals surface area contributed by atoms with Gasteiger partial charge in [-0.15, -0.1) is 0 Å². The Kier molecular flexibility index (Phi) is 5.50. The first-order valence-corrected chi connectivity index (χ1v) is 9.20. The van der Waals surface area contributed by atoms with E-state index in [1.54, 1.807) is 18.2 Å². The quantitative estimate of drug-likeness (QED) is 0.455. The average molecular weight is 500 g/mol. The van der Waals surface area contributed by atoms with Crippen LogP contribution < -0.4 is 5.32 Å². The molecule has 0 atom stereocenters. The summed E-state index contributed by atoms with van der Waals surface area (Å²) in [4.78, 5) is 24.9. The summed E-state index contributed by atoms with van der Waals surface area (Å²) < 4.78 is 6.08. The maximum atomic E-state index is 12.5. The van der Waals surface area contributed by atoms with Crippen molar-refractivity contribution >= 4 is 60.8 Å². The number of carbonyl (C=O) groups is 2. The summed E-state index contributed by atoms with van der Waals surface area (Å²) in [7, 11) is 0. The van der Waals surface area contributed by atoms with E-state index < -0.39 is 5.91 Å². The molecule has 5 nitrogen and oxygen atoms in total. The van der Waals surface area contributed by atoms with E-state index in [1.165, 1.54) is 30.5 Å². The van der Waals surface area contributed by atoms with Crippen LogP contribution in [0.2, 0.25) is 5.02 Å². The summed E-state index contributed by atoms with van der Waals surface area (Å²) in [6, 6.07) is 10.7. The molecule has 0 radical (unpaired) electrons. The van der Waals surface area contributed by atoms with Gasteiger partial charge in [-0.3, -0.25) is 9.59 Å². The monoisotopic (exact) mass is 497 g/mol. The van der Waals surface area contributed by atoms with Crippen molar-refractivity contribution in [1.29, 1.82) is 0 Å². The lowest BCUT2D eigenvalue weighted by Gasteiger charge is -2.11. The Labute approximate surface area is 170 Å². The van der Waals surface area contributed by atoms with Crippen LogP contribution in [0.1, 0.15) is 26.5 Å². The van der Waals surface area contributed by atoms with Gasteiger partial charge in [0.15, 0.2) is 5.76 Å². The topological polar surface area (TPSA) is 79.5 Å². The minimum atomic E-state index is -0.575. The van der Waals surface area contributed by atoms with Crippen molar-refractivity contribution in [3.63, 3.8) is 0 Å². The molecule has 2 N–H and O–H groups in total. The van der Waals surface area contributed by atoms with Crippen LogP contribution in [0.3, 0.4) is 0 Å². The first-order valence-electron chi connectivity index (χ1n) is 7.24. The van der Waals surface area contributed by atoms with Gasteiger partial charge < -0.3 is 14.8 Å². The number of carbonyl (C=O) groups excluding carboxylic acids is 2. The Morgan fingerprint density at radius 2 is 1.88 bits per heavy atom. The number of amides is 1. The van der Waals surface area contributed by atoms with Crippen LogP contribution in [0, 0.1) is 0 Å². The molecule has 0 saturated heterocycles. The van der Waals surface area contributed by atoms with Gasteiger partial charge in [-0.05, 0) is 58.4 Å². The number of benzene rings is 2. The fourth-order valence-electron chi connectivity index (χ4n) is 2.24. The van der Waals surface area contributed by atoms with Gasteiger partial charge >= 0.3 is 0 Å². The lowest BCUT2D eigenvalue weighted by molar-refractivity contribution is 0.100. The second-order valence-corrected chi connectivity index (χ2v) is 7.42. The van der Waals surface area contributed by atoms with Crippen molar-refractivity contribution in [2.45, 2.75) is 0 Å². The molecule has 1 amide bonds. The van der Waals surface area contributed by atoms with E-state index >= 15 is 0 Å². The number of aromatic hydroxyl groups is 1. The zero-order chi connectivity index (χ0) is 18.8. The normalized spacial score (nSPS) is 10.6.